The number of benzene rings is 2. The Kier molecular flexibility index (Phi) is 4.37. The van der Waals surface area contributed by atoms with Crippen LogP contribution in [0.5, 0.6) is 0 Å². The van der Waals surface area contributed by atoms with Crippen LogP contribution in [0, 0.1) is 6.92 Å². The Morgan fingerprint density at radius 2 is 1.69 bits per heavy atom. The Morgan fingerprint density at radius 1 is 1.00 bits per heavy atom. The largest absolute Gasteiger partial charge is 0.433 e. The van der Waals surface area contributed by atoms with Gasteiger partial charge in [-0.25, -0.2) is 9.78 Å². The number of halogens is 3. The maximum atomic E-state index is 12.7. The summed E-state index contributed by atoms with van der Waals surface area (Å²) in [4.78, 5) is 18.9. The van der Waals surface area contributed by atoms with Crippen LogP contribution in [-0.2, 0) is 6.18 Å². The minimum atomic E-state index is -4.69. The van der Waals surface area contributed by atoms with E-state index in [0.717, 1.165) is 16.3 Å². The van der Waals surface area contributed by atoms with E-state index in [9.17, 15) is 18.0 Å². The molecular formula is C17H14F3N5O. The first-order chi connectivity index (χ1) is 12.2. The summed E-state index contributed by atoms with van der Waals surface area (Å²) in [5.41, 5.74) is 5.68. The van der Waals surface area contributed by atoms with Crippen LogP contribution >= 0.6 is 0 Å². The van der Waals surface area contributed by atoms with Crippen molar-refractivity contribution in [3.05, 3.63) is 53.7 Å². The van der Waals surface area contributed by atoms with Crippen LogP contribution < -0.4 is 16.4 Å². The van der Waals surface area contributed by atoms with Crippen molar-refractivity contribution in [1.29, 1.82) is 0 Å². The third-order valence-corrected chi connectivity index (χ3v) is 3.52. The summed E-state index contributed by atoms with van der Waals surface area (Å²) in [6.07, 6.45) is -4.69. The van der Waals surface area contributed by atoms with E-state index in [2.05, 4.69) is 20.6 Å². The summed E-state index contributed by atoms with van der Waals surface area (Å²) in [5.74, 6) is -0.935. The zero-order valence-corrected chi connectivity index (χ0v) is 13.6. The van der Waals surface area contributed by atoms with Gasteiger partial charge in [0.1, 0.15) is 5.82 Å². The predicted molar refractivity (Wildman–Crippen MR) is 92.8 cm³/mol. The average molecular weight is 361 g/mol. The molecule has 0 aliphatic carbocycles. The number of nitrogens with one attached hydrogen (secondary N) is 2. The lowest BCUT2D eigenvalue weighted by molar-refractivity contribution is -0.141. The molecule has 6 nitrogen and oxygen atoms in total. The van der Waals surface area contributed by atoms with Gasteiger partial charge < -0.3 is 11.1 Å². The smallest absolute Gasteiger partial charge is 0.384 e. The van der Waals surface area contributed by atoms with Crippen molar-refractivity contribution in [2.24, 2.45) is 0 Å². The number of rotatable bonds is 2. The summed E-state index contributed by atoms with van der Waals surface area (Å²) in [6.45, 7) is 1.97. The lowest BCUT2D eigenvalue weighted by Crippen LogP contribution is -2.22. The Morgan fingerprint density at radius 3 is 2.42 bits per heavy atom. The van der Waals surface area contributed by atoms with Crippen LogP contribution in [-0.4, -0.2) is 16.0 Å². The molecule has 0 radical (unpaired) electrons. The second-order valence-electron chi connectivity index (χ2n) is 5.64. The number of carbonyl (C=O) groups is 1. The second kappa shape index (κ2) is 6.51. The molecule has 9 heteroatoms. The van der Waals surface area contributed by atoms with Crippen LogP contribution in [0.2, 0.25) is 0 Å². The van der Waals surface area contributed by atoms with E-state index in [-0.39, 0.29) is 0 Å². The molecule has 1 heterocycles. The quantitative estimate of drug-likeness (QED) is 0.638. The van der Waals surface area contributed by atoms with Crippen molar-refractivity contribution < 1.29 is 18.0 Å². The van der Waals surface area contributed by atoms with Crippen molar-refractivity contribution >= 4 is 34.3 Å². The summed E-state index contributed by atoms with van der Waals surface area (Å²) < 4.78 is 38.2. The fourth-order valence-corrected chi connectivity index (χ4v) is 2.37. The van der Waals surface area contributed by atoms with Gasteiger partial charge in [0.25, 0.3) is 0 Å². The molecule has 26 heavy (non-hydrogen) atoms. The minimum Gasteiger partial charge on any atom is -0.384 e. The lowest BCUT2D eigenvalue weighted by Gasteiger charge is -2.10. The zero-order chi connectivity index (χ0) is 18.9. The molecule has 0 unspecified atom stereocenters. The van der Waals surface area contributed by atoms with Gasteiger partial charge >= 0.3 is 12.2 Å². The number of anilines is 3. The standard InChI is InChI=1S/C17H14F3N5O/c1-9-2-3-11-7-12(5-4-10(11)6-9)22-16(26)25-15-23-13(17(18,19)20)8-14(21)24-15/h2-8H,1H3,(H4,21,22,23,24,25,26). The number of fused-ring (bicyclic) bond motifs is 1. The van der Waals surface area contributed by atoms with Gasteiger partial charge in [0, 0.05) is 11.8 Å². The maximum Gasteiger partial charge on any atom is 0.433 e. The molecule has 0 saturated heterocycles. The van der Waals surface area contributed by atoms with Gasteiger partial charge in [0.15, 0.2) is 5.69 Å². The van der Waals surface area contributed by atoms with Gasteiger partial charge in [-0.2, -0.15) is 18.2 Å². The summed E-state index contributed by atoms with van der Waals surface area (Å²) in [5, 5.41) is 6.59. The highest BCUT2D eigenvalue weighted by molar-refractivity contribution is 6.00. The fourth-order valence-electron chi connectivity index (χ4n) is 2.37. The van der Waals surface area contributed by atoms with E-state index < -0.39 is 29.7 Å². The number of amides is 2. The predicted octanol–water partition coefficient (Wildman–Crippen LogP) is 4.18. The highest BCUT2D eigenvalue weighted by Gasteiger charge is 2.33. The number of nitrogens with two attached hydrogens (primary N) is 1. The van der Waals surface area contributed by atoms with Crippen molar-refractivity contribution in [2.45, 2.75) is 13.1 Å². The van der Waals surface area contributed by atoms with E-state index in [0.29, 0.717) is 11.8 Å². The van der Waals surface area contributed by atoms with Crippen LogP contribution in [0.15, 0.2) is 42.5 Å². The number of nitrogens with zero attached hydrogens (tertiary/aromatic N) is 2. The molecule has 134 valence electrons. The van der Waals surface area contributed by atoms with Crippen LogP contribution in [0.25, 0.3) is 10.8 Å². The van der Waals surface area contributed by atoms with Gasteiger partial charge in [-0.3, -0.25) is 5.32 Å². The number of carbonyl (C=O) groups excluding carboxylic acids is 1. The highest BCUT2D eigenvalue weighted by Crippen LogP contribution is 2.29. The van der Waals surface area contributed by atoms with Crippen molar-refractivity contribution in [1.82, 2.24) is 9.97 Å². The van der Waals surface area contributed by atoms with Gasteiger partial charge in [-0.1, -0.05) is 29.8 Å². The molecule has 0 aliphatic rings. The molecule has 2 aromatic carbocycles. The van der Waals surface area contributed by atoms with Gasteiger partial charge in [0.2, 0.25) is 5.95 Å². The molecule has 0 aliphatic heterocycles. The Bertz CT molecular complexity index is 988. The van der Waals surface area contributed by atoms with Crippen molar-refractivity contribution in [3.8, 4) is 0 Å². The first-order valence-electron chi connectivity index (χ1n) is 7.51. The topological polar surface area (TPSA) is 92.9 Å². The van der Waals surface area contributed by atoms with Gasteiger partial charge in [-0.05, 0) is 29.8 Å². The molecule has 0 saturated carbocycles. The monoisotopic (exact) mass is 361 g/mol. The maximum absolute atomic E-state index is 12.7. The highest BCUT2D eigenvalue weighted by atomic mass is 19.4. The Balaban J connectivity index is 1.77. The molecule has 2 amide bonds. The molecule has 3 aromatic rings. The Labute approximate surface area is 146 Å². The van der Waals surface area contributed by atoms with Crippen LogP contribution in [0.1, 0.15) is 11.3 Å². The van der Waals surface area contributed by atoms with Gasteiger partial charge in [0.05, 0.1) is 0 Å². The first kappa shape index (κ1) is 17.5. The average Bonchev–Trinajstić information content (AvgIpc) is 2.53. The summed E-state index contributed by atoms with van der Waals surface area (Å²) in [7, 11) is 0. The number of hydrogen-bond donors (Lipinski definition) is 3. The lowest BCUT2D eigenvalue weighted by atomic mass is 10.1. The third kappa shape index (κ3) is 4.00. The van der Waals surface area contributed by atoms with Crippen molar-refractivity contribution in [2.75, 3.05) is 16.4 Å². The number of hydrogen-bond acceptors (Lipinski definition) is 4. The number of nitrogen functional groups attached to an aromatic ring is 1. The van der Waals surface area contributed by atoms with E-state index in [1.807, 2.05) is 31.2 Å². The summed E-state index contributed by atoms with van der Waals surface area (Å²) >= 11 is 0. The molecule has 0 fully saturated rings. The normalized spacial score (nSPS) is 11.4. The molecule has 0 bridgehead atoms. The van der Waals surface area contributed by atoms with E-state index in [4.69, 9.17) is 5.73 Å². The molecule has 3 rings (SSSR count). The Hall–Kier alpha value is -3.36. The van der Waals surface area contributed by atoms with Gasteiger partial charge in [-0.15, -0.1) is 0 Å². The summed E-state index contributed by atoms with van der Waals surface area (Å²) in [6, 6.07) is 10.9. The zero-order valence-electron chi connectivity index (χ0n) is 13.6. The van der Waals surface area contributed by atoms with E-state index >= 15 is 0 Å². The van der Waals surface area contributed by atoms with Crippen LogP contribution in [0.3, 0.4) is 0 Å². The number of urea groups is 1. The van der Waals surface area contributed by atoms with E-state index in [1.54, 1.807) is 12.1 Å². The fraction of sp³-hybridized carbons (Fsp3) is 0.118. The minimum absolute atomic E-state index is 0.399. The first-order valence-corrected chi connectivity index (χ1v) is 7.51. The number of aromatic nitrogens is 2. The number of alkyl halides is 3. The van der Waals surface area contributed by atoms with E-state index in [1.165, 1.54) is 0 Å². The molecule has 0 atom stereocenters. The third-order valence-electron chi connectivity index (χ3n) is 3.52. The SMILES string of the molecule is Cc1ccc2cc(NC(=O)Nc3nc(N)cc(C(F)(F)F)n3)ccc2c1. The molecule has 1 aromatic heterocycles. The van der Waals surface area contributed by atoms with Crippen molar-refractivity contribution in [3.63, 3.8) is 0 Å². The molecule has 4 N–H and O–H groups in total. The number of aryl methyl sites for hydroxylation is 1. The molecular weight excluding hydrogens is 347 g/mol. The second-order valence-corrected chi connectivity index (χ2v) is 5.64. The molecule has 0 spiro atoms. The van der Waals surface area contributed by atoms with Crippen LogP contribution in [0.4, 0.5) is 35.4 Å².